The molecule has 0 bridgehead atoms. The first-order chi connectivity index (χ1) is 14.2. The maximum absolute atomic E-state index is 12.2. The van der Waals surface area contributed by atoms with E-state index in [1.165, 1.54) is 16.9 Å². The van der Waals surface area contributed by atoms with Gasteiger partial charge in [0, 0.05) is 10.9 Å². The number of thiazole rings is 1. The van der Waals surface area contributed by atoms with Crippen LogP contribution in [0.25, 0.3) is 11.3 Å². The van der Waals surface area contributed by atoms with Gasteiger partial charge >= 0.3 is 0 Å². The van der Waals surface area contributed by atoms with Crippen molar-refractivity contribution in [1.29, 1.82) is 0 Å². The quantitative estimate of drug-likeness (QED) is 0.512. The third-order valence-corrected chi connectivity index (χ3v) is 5.12. The predicted molar refractivity (Wildman–Crippen MR) is 123 cm³/mol. The number of rotatable bonds is 7. The number of nitrogens with zero attached hydrogens (tertiary/aromatic N) is 1. The molecule has 0 saturated carbocycles. The van der Waals surface area contributed by atoms with Gasteiger partial charge in [0.05, 0.1) is 11.8 Å². The van der Waals surface area contributed by atoms with Gasteiger partial charge in [-0.1, -0.05) is 32.9 Å². The second-order valence-corrected chi connectivity index (χ2v) is 9.20. The first kappa shape index (κ1) is 21.8. The van der Waals surface area contributed by atoms with Crippen LogP contribution in [-0.2, 0) is 10.2 Å². The molecule has 1 aromatic heterocycles. The summed E-state index contributed by atoms with van der Waals surface area (Å²) in [7, 11) is 0. The summed E-state index contributed by atoms with van der Waals surface area (Å²) >= 11 is 1.38. The monoisotopic (exact) mass is 424 g/mol. The average Bonchev–Trinajstić information content (AvgIpc) is 3.14. The number of hydrogen-bond donors (Lipinski definition) is 1. The lowest BCUT2D eigenvalue weighted by Gasteiger charge is -2.19. The van der Waals surface area contributed by atoms with Crippen molar-refractivity contribution in [2.45, 2.75) is 46.1 Å². The molecule has 30 heavy (non-hydrogen) atoms. The minimum absolute atomic E-state index is 0.0645. The molecule has 2 aromatic carbocycles. The molecule has 0 atom stereocenters. The highest BCUT2D eigenvalue weighted by Crippen LogP contribution is 2.27. The van der Waals surface area contributed by atoms with E-state index in [9.17, 15) is 4.79 Å². The smallest absolute Gasteiger partial charge is 0.264 e. The van der Waals surface area contributed by atoms with Crippen LogP contribution in [0.1, 0.15) is 40.2 Å². The van der Waals surface area contributed by atoms with E-state index >= 15 is 0 Å². The number of anilines is 1. The lowest BCUT2D eigenvalue weighted by molar-refractivity contribution is -0.118. The van der Waals surface area contributed by atoms with Crippen molar-refractivity contribution in [2.24, 2.45) is 0 Å². The van der Waals surface area contributed by atoms with Crippen LogP contribution in [0.2, 0.25) is 0 Å². The molecule has 1 N–H and O–H groups in total. The Balaban J connectivity index is 1.53. The van der Waals surface area contributed by atoms with Gasteiger partial charge in [-0.3, -0.25) is 10.1 Å². The highest BCUT2D eigenvalue weighted by molar-refractivity contribution is 7.14. The minimum Gasteiger partial charge on any atom is -0.491 e. The van der Waals surface area contributed by atoms with Gasteiger partial charge in [0.25, 0.3) is 5.91 Å². The summed E-state index contributed by atoms with van der Waals surface area (Å²) in [6.45, 7) is 10.4. The molecule has 0 aliphatic heterocycles. The Kier molecular flexibility index (Phi) is 6.77. The van der Waals surface area contributed by atoms with Gasteiger partial charge in [-0.15, -0.1) is 11.3 Å². The van der Waals surface area contributed by atoms with Crippen LogP contribution in [0.4, 0.5) is 5.13 Å². The fourth-order valence-corrected chi connectivity index (χ4v) is 3.53. The van der Waals surface area contributed by atoms with Gasteiger partial charge in [-0.2, -0.15) is 0 Å². The maximum atomic E-state index is 12.2. The molecule has 158 valence electrons. The standard InChI is InChI=1S/C24H28N2O3S/c1-16(2)29-20-10-6-17(7-11-20)21-15-30-23(25-21)26-22(27)14-28-19-12-8-18(9-13-19)24(3,4)5/h6-13,15-16H,14H2,1-5H3,(H,25,26,27). The molecule has 0 aliphatic rings. The number of benzene rings is 2. The van der Waals surface area contributed by atoms with Gasteiger partial charge in [0.15, 0.2) is 11.7 Å². The van der Waals surface area contributed by atoms with Crippen LogP contribution >= 0.6 is 11.3 Å². The van der Waals surface area contributed by atoms with Gasteiger partial charge in [0.1, 0.15) is 11.5 Å². The molecule has 0 aliphatic carbocycles. The zero-order valence-electron chi connectivity index (χ0n) is 18.1. The van der Waals surface area contributed by atoms with Crippen LogP contribution in [0, 0.1) is 0 Å². The Bertz CT molecular complexity index is 971. The average molecular weight is 425 g/mol. The summed E-state index contributed by atoms with van der Waals surface area (Å²) < 4.78 is 11.3. The Morgan fingerprint density at radius 2 is 1.67 bits per heavy atom. The second kappa shape index (κ2) is 9.30. The minimum atomic E-state index is -0.239. The van der Waals surface area contributed by atoms with E-state index in [1.807, 2.05) is 67.8 Å². The highest BCUT2D eigenvalue weighted by atomic mass is 32.1. The molecular weight excluding hydrogens is 396 g/mol. The van der Waals surface area contributed by atoms with Crippen LogP contribution in [-0.4, -0.2) is 23.6 Å². The fourth-order valence-electron chi connectivity index (χ4n) is 2.80. The van der Waals surface area contributed by atoms with E-state index in [1.54, 1.807) is 0 Å². The Hall–Kier alpha value is -2.86. The Morgan fingerprint density at radius 3 is 2.27 bits per heavy atom. The molecule has 3 aromatic rings. The summed E-state index contributed by atoms with van der Waals surface area (Å²) in [4.78, 5) is 16.7. The normalized spacial score (nSPS) is 11.4. The molecule has 0 fully saturated rings. The van der Waals surface area contributed by atoms with Crippen molar-refractivity contribution in [3.8, 4) is 22.8 Å². The number of hydrogen-bond acceptors (Lipinski definition) is 5. The molecule has 0 radical (unpaired) electrons. The van der Waals surface area contributed by atoms with E-state index in [0.717, 1.165) is 17.0 Å². The number of amides is 1. The molecule has 5 nitrogen and oxygen atoms in total. The number of aromatic nitrogens is 1. The molecule has 0 spiro atoms. The lowest BCUT2D eigenvalue weighted by atomic mass is 9.87. The summed E-state index contributed by atoms with van der Waals surface area (Å²) in [5.41, 5.74) is 3.08. The highest BCUT2D eigenvalue weighted by Gasteiger charge is 2.13. The first-order valence-corrected chi connectivity index (χ1v) is 10.8. The Morgan fingerprint density at radius 1 is 1.03 bits per heavy atom. The molecule has 1 heterocycles. The first-order valence-electron chi connectivity index (χ1n) is 9.96. The summed E-state index contributed by atoms with van der Waals surface area (Å²) in [6.07, 6.45) is 0.135. The van der Waals surface area contributed by atoms with E-state index in [-0.39, 0.29) is 24.0 Å². The summed E-state index contributed by atoms with van der Waals surface area (Å²) in [5, 5.41) is 5.26. The van der Waals surface area contributed by atoms with Crippen molar-refractivity contribution >= 4 is 22.4 Å². The summed E-state index contributed by atoms with van der Waals surface area (Å²) in [5.74, 6) is 1.25. The maximum Gasteiger partial charge on any atom is 0.264 e. The Labute approximate surface area is 182 Å². The molecule has 1 amide bonds. The van der Waals surface area contributed by atoms with Crippen molar-refractivity contribution < 1.29 is 14.3 Å². The molecule has 6 heteroatoms. The second-order valence-electron chi connectivity index (χ2n) is 8.34. The lowest BCUT2D eigenvalue weighted by Crippen LogP contribution is -2.20. The molecule has 3 rings (SSSR count). The zero-order chi connectivity index (χ0) is 21.7. The van der Waals surface area contributed by atoms with Gasteiger partial charge < -0.3 is 9.47 Å². The largest absolute Gasteiger partial charge is 0.491 e. The summed E-state index contributed by atoms with van der Waals surface area (Å²) in [6, 6.07) is 15.6. The SMILES string of the molecule is CC(C)Oc1ccc(-c2csc(NC(=O)COc3ccc(C(C)(C)C)cc3)n2)cc1. The zero-order valence-corrected chi connectivity index (χ0v) is 18.9. The molecule has 0 saturated heterocycles. The molecule has 0 unspecified atom stereocenters. The van der Waals surface area contributed by atoms with E-state index in [2.05, 4.69) is 31.1 Å². The number of nitrogens with one attached hydrogen (secondary N) is 1. The third kappa shape index (κ3) is 6.07. The van der Waals surface area contributed by atoms with Gasteiger partial charge in [-0.25, -0.2) is 4.98 Å². The van der Waals surface area contributed by atoms with E-state index in [0.29, 0.717) is 10.9 Å². The van der Waals surface area contributed by atoms with Crippen LogP contribution in [0.3, 0.4) is 0 Å². The van der Waals surface area contributed by atoms with E-state index in [4.69, 9.17) is 9.47 Å². The third-order valence-electron chi connectivity index (χ3n) is 4.36. The topological polar surface area (TPSA) is 60.5 Å². The predicted octanol–water partition coefficient (Wildman–Crippen LogP) is 5.91. The van der Waals surface area contributed by atoms with Gasteiger partial charge in [0.2, 0.25) is 0 Å². The van der Waals surface area contributed by atoms with Crippen LogP contribution < -0.4 is 14.8 Å². The van der Waals surface area contributed by atoms with Crippen LogP contribution in [0.15, 0.2) is 53.9 Å². The van der Waals surface area contributed by atoms with Gasteiger partial charge in [-0.05, 0) is 61.2 Å². The van der Waals surface area contributed by atoms with Crippen molar-refractivity contribution in [3.05, 3.63) is 59.5 Å². The number of carbonyl (C=O) groups is 1. The van der Waals surface area contributed by atoms with Crippen LogP contribution in [0.5, 0.6) is 11.5 Å². The van der Waals surface area contributed by atoms with Crippen molar-refractivity contribution in [2.75, 3.05) is 11.9 Å². The fraction of sp³-hybridized carbons (Fsp3) is 0.333. The van der Waals surface area contributed by atoms with Crippen molar-refractivity contribution in [3.63, 3.8) is 0 Å². The number of ether oxygens (including phenoxy) is 2. The van der Waals surface area contributed by atoms with E-state index < -0.39 is 0 Å². The number of carbonyl (C=O) groups excluding carboxylic acids is 1. The molecular formula is C24H28N2O3S. The van der Waals surface area contributed by atoms with Crippen molar-refractivity contribution in [1.82, 2.24) is 4.98 Å².